The third-order valence-electron chi connectivity index (χ3n) is 1.83. The highest BCUT2D eigenvalue weighted by Gasteiger charge is 2.36. The molecule has 0 N–H and O–H groups in total. The Morgan fingerprint density at radius 1 is 0.706 bits per heavy atom. The standard InChI is InChI=1S/C10H28O3P2Si2/c1-14(2)9-11-16(5,6)13-17(7,8)12-10-15(3)4/h9-10H2,1-8H3. The van der Waals surface area contributed by atoms with E-state index in [9.17, 15) is 0 Å². The predicted octanol–water partition coefficient (Wildman–Crippen LogP) is 3.84. The van der Waals surface area contributed by atoms with Gasteiger partial charge in [0.05, 0.1) is 12.7 Å². The second-order valence-corrected chi connectivity index (χ2v) is 17.4. The van der Waals surface area contributed by atoms with Crippen LogP contribution in [0.1, 0.15) is 0 Å². The van der Waals surface area contributed by atoms with Crippen LogP contribution < -0.4 is 0 Å². The van der Waals surface area contributed by atoms with Crippen molar-refractivity contribution in [3.63, 3.8) is 0 Å². The fraction of sp³-hybridized carbons (Fsp3) is 1.00. The maximum absolute atomic E-state index is 6.18. The van der Waals surface area contributed by atoms with E-state index in [0.717, 1.165) is 12.7 Å². The van der Waals surface area contributed by atoms with Crippen molar-refractivity contribution in [2.24, 2.45) is 0 Å². The number of rotatable bonds is 8. The van der Waals surface area contributed by atoms with Crippen molar-refractivity contribution in [2.75, 3.05) is 39.4 Å². The molecule has 0 aliphatic carbocycles. The first kappa shape index (κ1) is 18.2. The molecule has 0 saturated carbocycles. The highest BCUT2D eigenvalue weighted by molar-refractivity contribution is 7.56. The van der Waals surface area contributed by atoms with E-state index in [-0.39, 0.29) is 15.8 Å². The molecule has 0 atom stereocenters. The van der Waals surface area contributed by atoms with Crippen LogP contribution in [0.4, 0.5) is 0 Å². The van der Waals surface area contributed by atoms with Gasteiger partial charge in [0.2, 0.25) is 0 Å². The highest BCUT2D eigenvalue weighted by Crippen LogP contribution is 2.29. The molecule has 0 amide bonds. The maximum Gasteiger partial charge on any atom is 0.323 e. The molecule has 0 aromatic heterocycles. The van der Waals surface area contributed by atoms with Crippen LogP contribution in [-0.4, -0.2) is 56.5 Å². The second kappa shape index (κ2) is 7.69. The van der Waals surface area contributed by atoms with Crippen molar-refractivity contribution < 1.29 is 13.0 Å². The van der Waals surface area contributed by atoms with E-state index in [1.165, 1.54) is 0 Å². The first-order chi connectivity index (χ1) is 7.54. The van der Waals surface area contributed by atoms with Gasteiger partial charge >= 0.3 is 17.1 Å². The number of hydrogen-bond acceptors (Lipinski definition) is 3. The summed E-state index contributed by atoms with van der Waals surface area (Å²) in [6, 6.07) is 0. The Morgan fingerprint density at radius 2 is 1.00 bits per heavy atom. The average molecular weight is 314 g/mol. The monoisotopic (exact) mass is 314 g/mol. The molecular weight excluding hydrogens is 286 g/mol. The number of hydrogen-bond donors (Lipinski definition) is 0. The topological polar surface area (TPSA) is 27.7 Å². The summed E-state index contributed by atoms with van der Waals surface area (Å²) in [5, 5.41) is 0. The molecule has 3 nitrogen and oxygen atoms in total. The van der Waals surface area contributed by atoms with Crippen LogP contribution in [0.15, 0.2) is 0 Å². The molecule has 0 spiro atoms. The molecule has 0 fully saturated rings. The molecule has 0 rings (SSSR count). The zero-order chi connectivity index (χ0) is 13.7. The van der Waals surface area contributed by atoms with Gasteiger partial charge in [-0.15, -0.1) is 0 Å². The van der Waals surface area contributed by atoms with E-state index in [2.05, 4.69) is 52.8 Å². The van der Waals surface area contributed by atoms with Gasteiger partial charge in [-0.1, -0.05) is 15.8 Å². The summed E-state index contributed by atoms with van der Waals surface area (Å²) < 4.78 is 18.1. The van der Waals surface area contributed by atoms with Gasteiger partial charge in [0.15, 0.2) is 0 Å². The van der Waals surface area contributed by atoms with Crippen molar-refractivity contribution >= 4 is 33.0 Å². The Kier molecular flexibility index (Phi) is 8.22. The van der Waals surface area contributed by atoms with Crippen molar-refractivity contribution in [3.8, 4) is 0 Å². The average Bonchev–Trinajstić information content (AvgIpc) is 2.10. The minimum atomic E-state index is -2.01. The lowest BCUT2D eigenvalue weighted by Crippen LogP contribution is -2.48. The van der Waals surface area contributed by atoms with Crippen LogP contribution in [0.3, 0.4) is 0 Å². The van der Waals surface area contributed by atoms with E-state index in [1.807, 2.05) is 0 Å². The predicted molar refractivity (Wildman–Crippen MR) is 85.5 cm³/mol. The summed E-state index contributed by atoms with van der Waals surface area (Å²) in [4.78, 5) is 0. The molecule has 17 heavy (non-hydrogen) atoms. The van der Waals surface area contributed by atoms with E-state index < -0.39 is 17.1 Å². The third kappa shape index (κ3) is 10.8. The minimum Gasteiger partial charge on any atom is -0.415 e. The Bertz CT molecular complexity index is 202. The molecule has 0 radical (unpaired) electrons. The SMILES string of the molecule is CP(C)CO[Si](C)(C)O[Si](C)(C)OCP(C)C. The van der Waals surface area contributed by atoms with Gasteiger partial charge in [-0.05, 0) is 52.8 Å². The highest BCUT2D eigenvalue weighted by atomic mass is 31.1. The van der Waals surface area contributed by atoms with Crippen molar-refractivity contribution in [2.45, 2.75) is 26.2 Å². The van der Waals surface area contributed by atoms with Crippen LogP contribution in [0.25, 0.3) is 0 Å². The quantitative estimate of drug-likeness (QED) is 0.503. The minimum absolute atomic E-state index is 0.0142. The van der Waals surface area contributed by atoms with Gasteiger partial charge in [0.25, 0.3) is 0 Å². The molecule has 7 heteroatoms. The molecule has 0 unspecified atom stereocenters. The Labute approximate surface area is 112 Å². The largest absolute Gasteiger partial charge is 0.415 e. The van der Waals surface area contributed by atoms with Gasteiger partial charge in [0, 0.05) is 0 Å². The first-order valence-electron chi connectivity index (χ1n) is 5.82. The molecule has 104 valence electrons. The van der Waals surface area contributed by atoms with Crippen molar-refractivity contribution in [1.82, 2.24) is 0 Å². The van der Waals surface area contributed by atoms with Crippen LogP contribution in [0, 0.1) is 0 Å². The van der Waals surface area contributed by atoms with Crippen LogP contribution >= 0.6 is 15.8 Å². The normalized spacial score (nSPS) is 13.8. The molecule has 0 aliphatic heterocycles. The van der Waals surface area contributed by atoms with Crippen LogP contribution in [0.5, 0.6) is 0 Å². The van der Waals surface area contributed by atoms with Crippen LogP contribution in [0.2, 0.25) is 26.2 Å². The van der Waals surface area contributed by atoms with E-state index in [1.54, 1.807) is 0 Å². The zero-order valence-electron chi connectivity index (χ0n) is 12.5. The van der Waals surface area contributed by atoms with Crippen molar-refractivity contribution in [1.29, 1.82) is 0 Å². The molecule has 0 bridgehead atoms. The molecule has 0 saturated heterocycles. The Hall–Kier alpha value is 1.17. The fourth-order valence-electron chi connectivity index (χ4n) is 1.22. The van der Waals surface area contributed by atoms with E-state index >= 15 is 0 Å². The van der Waals surface area contributed by atoms with Gasteiger partial charge in [0.1, 0.15) is 0 Å². The lowest BCUT2D eigenvalue weighted by molar-refractivity contribution is 0.236. The van der Waals surface area contributed by atoms with Gasteiger partial charge < -0.3 is 13.0 Å². The first-order valence-corrected chi connectivity index (χ1v) is 16.3. The zero-order valence-corrected chi connectivity index (χ0v) is 16.3. The smallest absolute Gasteiger partial charge is 0.323 e. The maximum atomic E-state index is 6.18. The molecule has 0 aliphatic rings. The molecular formula is C10H28O3P2Si2. The summed E-state index contributed by atoms with van der Waals surface area (Å²) in [5.74, 6) is 0. The summed E-state index contributed by atoms with van der Waals surface area (Å²) in [7, 11) is -4.06. The van der Waals surface area contributed by atoms with E-state index in [4.69, 9.17) is 13.0 Å². The second-order valence-electron chi connectivity index (χ2n) is 5.61. The van der Waals surface area contributed by atoms with Gasteiger partial charge in [-0.25, -0.2) is 0 Å². The Balaban J connectivity index is 4.17. The summed E-state index contributed by atoms with van der Waals surface area (Å²) in [6.07, 6.45) is 1.68. The van der Waals surface area contributed by atoms with E-state index in [0.29, 0.717) is 0 Å². The summed E-state index contributed by atoms with van der Waals surface area (Å²) >= 11 is 0. The van der Waals surface area contributed by atoms with Crippen molar-refractivity contribution in [3.05, 3.63) is 0 Å². The third-order valence-corrected chi connectivity index (χ3v) is 9.22. The molecule has 0 heterocycles. The fourth-order valence-corrected chi connectivity index (χ4v) is 11.0. The lowest BCUT2D eigenvalue weighted by Gasteiger charge is -2.33. The van der Waals surface area contributed by atoms with Crippen LogP contribution in [-0.2, 0) is 13.0 Å². The summed E-state index contributed by atoms with van der Waals surface area (Å²) in [5.41, 5.74) is 0. The molecule has 0 aromatic carbocycles. The van der Waals surface area contributed by atoms with Gasteiger partial charge in [-0.2, -0.15) is 0 Å². The Morgan fingerprint density at radius 3 is 1.24 bits per heavy atom. The molecule has 0 aromatic rings. The summed E-state index contributed by atoms with van der Waals surface area (Å²) in [6.45, 7) is 17.4. The lowest BCUT2D eigenvalue weighted by atomic mass is 11.7. The van der Waals surface area contributed by atoms with Gasteiger partial charge in [-0.3, -0.25) is 0 Å².